The lowest BCUT2D eigenvalue weighted by molar-refractivity contribution is -0.121. The van der Waals surface area contributed by atoms with Crippen molar-refractivity contribution >= 4 is 5.91 Å². The van der Waals surface area contributed by atoms with Crippen LogP contribution in [0.5, 0.6) is 0 Å². The van der Waals surface area contributed by atoms with Gasteiger partial charge in [-0.3, -0.25) is 9.48 Å². The highest BCUT2D eigenvalue weighted by Crippen LogP contribution is 2.07. The first-order valence-corrected chi connectivity index (χ1v) is 6.66. The van der Waals surface area contributed by atoms with E-state index in [9.17, 15) is 4.79 Å². The summed E-state index contributed by atoms with van der Waals surface area (Å²) in [5.41, 5.74) is 1.98. The first-order chi connectivity index (χ1) is 8.65. The summed E-state index contributed by atoms with van der Waals surface area (Å²) in [6, 6.07) is 2.56. The van der Waals surface area contributed by atoms with E-state index in [1.807, 2.05) is 19.9 Å². The highest BCUT2D eigenvalue weighted by atomic mass is 16.2. The molecule has 0 spiro atoms. The SMILES string of the molecule is Cc1cc(C)n(CC(=O)NCC[C@@H]2CCCN2)n1. The van der Waals surface area contributed by atoms with Gasteiger partial charge in [0.05, 0.1) is 5.69 Å². The second kappa shape index (κ2) is 6.00. The molecular formula is C13H22N4O. The standard InChI is InChI=1S/C13H22N4O/c1-10-8-11(2)17(16-10)9-13(18)15-7-5-12-4-3-6-14-12/h8,12,14H,3-7,9H2,1-2H3,(H,15,18)/t12-/m0/s1. The fourth-order valence-electron chi connectivity index (χ4n) is 2.42. The molecule has 1 aromatic rings. The molecule has 1 aliphatic heterocycles. The molecule has 1 saturated heterocycles. The van der Waals surface area contributed by atoms with Gasteiger partial charge in [-0.05, 0) is 45.7 Å². The van der Waals surface area contributed by atoms with E-state index in [0.29, 0.717) is 12.6 Å². The molecule has 0 aromatic carbocycles. The molecule has 2 heterocycles. The summed E-state index contributed by atoms with van der Waals surface area (Å²) in [4.78, 5) is 11.8. The van der Waals surface area contributed by atoms with Crippen LogP contribution in [0.15, 0.2) is 6.07 Å². The van der Waals surface area contributed by atoms with Crippen molar-refractivity contribution in [3.8, 4) is 0 Å². The summed E-state index contributed by atoms with van der Waals surface area (Å²) in [6.45, 7) is 6.08. The number of hydrogen-bond donors (Lipinski definition) is 2. The van der Waals surface area contributed by atoms with Crippen molar-refractivity contribution in [3.63, 3.8) is 0 Å². The molecular weight excluding hydrogens is 228 g/mol. The van der Waals surface area contributed by atoms with Crippen LogP contribution in [0.3, 0.4) is 0 Å². The van der Waals surface area contributed by atoms with Crippen molar-refractivity contribution in [3.05, 3.63) is 17.5 Å². The lowest BCUT2D eigenvalue weighted by Gasteiger charge is -2.11. The Bertz CT molecular complexity index is 407. The Balaban J connectivity index is 1.70. The van der Waals surface area contributed by atoms with Crippen molar-refractivity contribution in [1.82, 2.24) is 20.4 Å². The fourth-order valence-corrected chi connectivity index (χ4v) is 2.42. The van der Waals surface area contributed by atoms with E-state index >= 15 is 0 Å². The Morgan fingerprint density at radius 1 is 1.61 bits per heavy atom. The van der Waals surface area contributed by atoms with Crippen molar-refractivity contribution in [2.45, 2.75) is 45.7 Å². The molecule has 1 fully saturated rings. The van der Waals surface area contributed by atoms with Gasteiger partial charge in [-0.1, -0.05) is 0 Å². The van der Waals surface area contributed by atoms with E-state index in [1.165, 1.54) is 12.8 Å². The van der Waals surface area contributed by atoms with Gasteiger partial charge in [-0.25, -0.2) is 0 Å². The van der Waals surface area contributed by atoms with Gasteiger partial charge in [0.25, 0.3) is 0 Å². The smallest absolute Gasteiger partial charge is 0.241 e. The molecule has 5 heteroatoms. The van der Waals surface area contributed by atoms with E-state index in [1.54, 1.807) is 4.68 Å². The van der Waals surface area contributed by atoms with Crippen LogP contribution >= 0.6 is 0 Å². The number of amides is 1. The maximum absolute atomic E-state index is 11.8. The van der Waals surface area contributed by atoms with Gasteiger partial charge >= 0.3 is 0 Å². The molecule has 0 aliphatic carbocycles. The summed E-state index contributed by atoms with van der Waals surface area (Å²) in [7, 11) is 0. The van der Waals surface area contributed by atoms with Crippen LogP contribution in [0.4, 0.5) is 0 Å². The average Bonchev–Trinajstić information content (AvgIpc) is 2.90. The molecule has 0 radical (unpaired) electrons. The number of carbonyl (C=O) groups is 1. The molecule has 0 saturated carbocycles. The molecule has 1 amide bonds. The normalized spacial score (nSPS) is 19.1. The summed E-state index contributed by atoms with van der Waals surface area (Å²) in [5.74, 6) is 0.0409. The third-order valence-electron chi connectivity index (χ3n) is 3.37. The van der Waals surface area contributed by atoms with Crippen molar-refractivity contribution < 1.29 is 4.79 Å². The number of nitrogens with one attached hydrogen (secondary N) is 2. The summed E-state index contributed by atoms with van der Waals surface area (Å²) >= 11 is 0. The van der Waals surface area contributed by atoms with Gasteiger partial charge in [-0.15, -0.1) is 0 Å². The number of aromatic nitrogens is 2. The molecule has 1 aromatic heterocycles. The topological polar surface area (TPSA) is 59.0 Å². The molecule has 2 N–H and O–H groups in total. The summed E-state index contributed by atoms with van der Waals surface area (Å²) < 4.78 is 1.75. The highest BCUT2D eigenvalue weighted by molar-refractivity contribution is 5.75. The molecule has 0 bridgehead atoms. The van der Waals surface area contributed by atoms with Crippen molar-refractivity contribution in [2.24, 2.45) is 0 Å². The molecule has 100 valence electrons. The first kappa shape index (κ1) is 13.1. The van der Waals surface area contributed by atoms with Crippen LogP contribution in [0.2, 0.25) is 0 Å². The zero-order chi connectivity index (χ0) is 13.0. The lowest BCUT2D eigenvalue weighted by atomic mass is 10.1. The van der Waals surface area contributed by atoms with Gasteiger partial charge < -0.3 is 10.6 Å². The number of nitrogens with zero attached hydrogens (tertiary/aromatic N) is 2. The minimum Gasteiger partial charge on any atom is -0.354 e. The van der Waals surface area contributed by atoms with E-state index in [4.69, 9.17) is 0 Å². The largest absolute Gasteiger partial charge is 0.354 e. The summed E-state index contributed by atoms with van der Waals surface area (Å²) in [6.07, 6.45) is 3.50. The van der Waals surface area contributed by atoms with Crippen LogP contribution in [0.1, 0.15) is 30.7 Å². The van der Waals surface area contributed by atoms with Crippen LogP contribution in [-0.4, -0.2) is 34.8 Å². The van der Waals surface area contributed by atoms with Gasteiger partial charge in [0, 0.05) is 18.3 Å². The zero-order valence-corrected chi connectivity index (χ0v) is 11.2. The number of aryl methyl sites for hydroxylation is 2. The van der Waals surface area contributed by atoms with Crippen LogP contribution in [0.25, 0.3) is 0 Å². The maximum Gasteiger partial charge on any atom is 0.241 e. The monoisotopic (exact) mass is 250 g/mol. The second-order valence-corrected chi connectivity index (χ2v) is 5.02. The minimum absolute atomic E-state index is 0.0409. The van der Waals surface area contributed by atoms with Crippen molar-refractivity contribution in [2.75, 3.05) is 13.1 Å². The molecule has 2 rings (SSSR count). The number of hydrogen-bond acceptors (Lipinski definition) is 3. The quantitative estimate of drug-likeness (QED) is 0.811. The zero-order valence-electron chi connectivity index (χ0n) is 11.2. The van der Waals surface area contributed by atoms with Crippen molar-refractivity contribution in [1.29, 1.82) is 0 Å². The summed E-state index contributed by atoms with van der Waals surface area (Å²) in [5, 5.41) is 10.7. The Hall–Kier alpha value is -1.36. The average molecular weight is 250 g/mol. The molecule has 5 nitrogen and oxygen atoms in total. The van der Waals surface area contributed by atoms with E-state index < -0.39 is 0 Å². The third-order valence-corrected chi connectivity index (χ3v) is 3.37. The van der Waals surface area contributed by atoms with Crippen LogP contribution in [0, 0.1) is 13.8 Å². The first-order valence-electron chi connectivity index (χ1n) is 6.66. The Kier molecular flexibility index (Phi) is 4.36. The van der Waals surface area contributed by atoms with Gasteiger partial charge in [0.1, 0.15) is 6.54 Å². The van der Waals surface area contributed by atoms with Gasteiger partial charge in [0.2, 0.25) is 5.91 Å². The minimum atomic E-state index is 0.0409. The highest BCUT2D eigenvalue weighted by Gasteiger charge is 2.14. The number of carbonyl (C=O) groups excluding carboxylic acids is 1. The number of rotatable bonds is 5. The van der Waals surface area contributed by atoms with E-state index in [0.717, 1.165) is 30.9 Å². The Morgan fingerprint density at radius 3 is 3.06 bits per heavy atom. The van der Waals surface area contributed by atoms with Gasteiger partial charge in [0.15, 0.2) is 0 Å². The van der Waals surface area contributed by atoms with Gasteiger partial charge in [-0.2, -0.15) is 5.10 Å². The molecule has 18 heavy (non-hydrogen) atoms. The van der Waals surface area contributed by atoms with E-state index in [2.05, 4.69) is 15.7 Å². The molecule has 1 atom stereocenters. The Labute approximate surface area is 108 Å². The fraction of sp³-hybridized carbons (Fsp3) is 0.692. The molecule has 1 aliphatic rings. The Morgan fingerprint density at radius 2 is 2.44 bits per heavy atom. The van der Waals surface area contributed by atoms with Crippen LogP contribution in [-0.2, 0) is 11.3 Å². The predicted octanol–water partition coefficient (Wildman–Crippen LogP) is 0.758. The van der Waals surface area contributed by atoms with Crippen LogP contribution < -0.4 is 10.6 Å². The maximum atomic E-state index is 11.8. The lowest BCUT2D eigenvalue weighted by Crippen LogP contribution is -2.33. The van der Waals surface area contributed by atoms with E-state index in [-0.39, 0.29) is 5.91 Å². The predicted molar refractivity (Wildman–Crippen MR) is 70.4 cm³/mol. The molecule has 0 unspecified atom stereocenters. The third kappa shape index (κ3) is 3.57. The second-order valence-electron chi connectivity index (χ2n) is 5.02.